The first-order valence-electron chi connectivity index (χ1n) is 4.55. The lowest BCUT2D eigenvalue weighted by Gasteiger charge is -2.14. The van der Waals surface area contributed by atoms with Crippen molar-refractivity contribution in [1.82, 2.24) is 0 Å². The highest BCUT2D eigenvalue weighted by molar-refractivity contribution is 5.17. The van der Waals surface area contributed by atoms with Crippen molar-refractivity contribution in [2.75, 3.05) is 6.61 Å². The summed E-state index contributed by atoms with van der Waals surface area (Å²) in [5.41, 5.74) is 1.28. The van der Waals surface area contributed by atoms with Gasteiger partial charge in [0, 0.05) is 6.61 Å². The second kappa shape index (κ2) is 4.94. The van der Waals surface area contributed by atoms with Crippen LogP contribution in [0.1, 0.15) is 31.9 Å². The Morgan fingerprint density at radius 1 is 1.17 bits per heavy atom. The normalized spacial score (nSPS) is 12.8. The predicted molar refractivity (Wildman–Crippen MR) is 51.1 cm³/mol. The quantitative estimate of drug-likeness (QED) is 0.664. The largest absolute Gasteiger partial charge is 0.374 e. The van der Waals surface area contributed by atoms with E-state index in [9.17, 15) is 0 Å². The molecule has 0 amide bonds. The van der Waals surface area contributed by atoms with E-state index in [0.29, 0.717) is 0 Å². The van der Waals surface area contributed by atoms with Gasteiger partial charge in [0.2, 0.25) is 0 Å². The lowest BCUT2D eigenvalue weighted by atomic mass is 10.1. The Hall–Kier alpha value is -0.820. The minimum absolute atomic E-state index is 0.274. The molecule has 0 heterocycles. The Kier molecular flexibility index (Phi) is 3.81. The first-order chi connectivity index (χ1) is 5.88. The molecule has 0 unspecified atom stereocenters. The van der Waals surface area contributed by atoms with Crippen LogP contribution in [-0.4, -0.2) is 6.61 Å². The number of hydrogen-bond donors (Lipinski definition) is 0. The SMILES string of the molecule is CCO[C@@H](CC)c1ccccc1. The summed E-state index contributed by atoms with van der Waals surface area (Å²) >= 11 is 0. The van der Waals surface area contributed by atoms with Crippen LogP contribution in [0.4, 0.5) is 0 Å². The minimum Gasteiger partial charge on any atom is -0.374 e. The smallest absolute Gasteiger partial charge is 0.0822 e. The van der Waals surface area contributed by atoms with Crippen molar-refractivity contribution in [2.24, 2.45) is 0 Å². The fraction of sp³-hybridized carbons (Fsp3) is 0.455. The van der Waals surface area contributed by atoms with Gasteiger partial charge >= 0.3 is 0 Å². The number of rotatable bonds is 4. The van der Waals surface area contributed by atoms with Gasteiger partial charge in [0.1, 0.15) is 0 Å². The Morgan fingerprint density at radius 2 is 1.83 bits per heavy atom. The summed E-state index contributed by atoms with van der Waals surface area (Å²) in [6.45, 7) is 4.96. The molecule has 0 aliphatic carbocycles. The second-order valence-electron chi connectivity index (χ2n) is 2.76. The van der Waals surface area contributed by atoms with Crippen LogP contribution in [0.15, 0.2) is 30.3 Å². The maximum Gasteiger partial charge on any atom is 0.0822 e. The third kappa shape index (κ3) is 2.35. The Bertz CT molecular complexity index is 206. The van der Waals surface area contributed by atoms with Crippen molar-refractivity contribution in [3.8, 4) is 0 Å². The summed E-state index contributed by atoms with van der Waals surface area (Å²) in [4.78, 5) is 0. The van der Waals surface area contributed by atoms with Crippen LogP contribution < -0.4 is 0 Å². The Labute approximate surface area is 74.4 Å². The van der Waals surface area contributed by atoms with E-state index in [1.54, 1.807) is 0 Å². The molecule has 1 atom stereocenters. The van der Waals surface area contributed by atoms with Crippen LogP contribution in [-0.2, 0) is 4.74 Å². The molecule has 0 fully saturated rings. The summed E-state index contributed by atoms with van der Waals surface area (Å²) in [5, 5.41) is 0. The third-order valence-corrected chi connectivity index (χ3v) is 1.91. The zero-order valence-electron chi connectivity index (χ0n) is 7.79. The summed E-state index contributed by atoms with van der Waals surface area (Å²) < 4.78 is 5.58. The van der Waals surface area contributed by atoms with E-state index in [2.05, 4.69) is 31.2 Å². The van der Waals surface area contributed by atoms with Crippen molar-refractivity contribution in [2.45, 2.75) is 26.4 Å². The third-order valence-electron chi connectivity index (χ3n) is 1.91. The number of hydrogen-bond acceptors (Lipinski definition) is 1. The van der Waals surface area contributed by atoms with Gasteiger partial charge in [-0.1, -0.05) is 37.3 Å². The Balaban J connectivity index is 2.66. The van der Waals surface area contributed by atoms with Gasteiger partial charge in [0.15, 0.2) is 0 Å². The molecule has 0 radical (unpaired) electrons. The van der Waals surface area contributed by atoms with Crippen LogP contribution in [0.5, 0.6) is 0 Å². The van der Waals surface area contributed by atoms with Gasteiger partial charge in [-0.25, -0.2) is 0 Å². The topological polar surface area (TPSA) is 9.23 Å². The van der Waals surface area contributed by atoms with Crippen molar-refractivity contribution in [3.63, 3.8) is 0 Å². The molecule has 1 heteroatoms. The van der Waals surface area contributed by atoms with Gasteiger partial charge in [-0.15, -0.1) is 0 Å². The van der Waals surface area contributed by atoms with Crippen LogP contribution in [0.25, 0.3) is 0 Å². The summed E-state index contributed by atoms with van der Waals surface area (Å²) in [6.07, 6.45) is 1.31. The molecular weight excluding hydrogens is 148 g/mol. The summed E-state index contributed by atoms with van der Waals surface area (Å²) in [6, 6.07) is 10.4. The predicted octanol–water partition coefficient (Wildman–Crippen LogP) is 3.17. The molecule has 0 bridgehead atoms. The molecule has 1 rings (SSSR count). The second-order valence-corrected chi connectivity index (χ2v) is 2.76. The highest BCUT2D eigenvalue weighted by Crippen LogP contribution is 2.19. The lowest BCUT2D eigenvalue weighted by molar-refractivity contribution is 0.0598. The standard InChI is InChI=1S/C11H16O/c1-3-11(12-4-2)10-8-6-5-7-9-10/h5-9,11H,3-4H2,1-2H3/t11-/m0/s1. The maximum atomic E-state index is 5.58. The van der Waals surface area contributed by atoms with Gasteiger partial charge in [-0.05, 0) is 18.9 Å². The molecule has 0 aromatic heterocycles. The van der Waals surface area contributed by atoms with Gasteiger partial charge in [0.05, 0.1) is 6.10 Å². The molecule has 0 aliphatic rings. The molecule has 0 aliphatic heterocycles. The Morgan fingerprint density at radius 3 is 2.33 bits per heavy atom. The molecule has 66 valence electrons. The fourth-order valence-corrected chi connectivity index (χ4v) is 1.32. The minimum atomic E-state index is 0.274. The maximum absolute atomic E-state index is 5.58. The van der Waals surface area contributed by atoms with E-state index in [0.717, 1.165) is 13.0 Å². The van der Waals surface area contributed by atoms with Crippen LogP contribution in [0, 0.1) is 0 Å². The molecule has 0 saturated carbocycles. The average molecular weight is 164 g/mol. The zero-order valence-corrected chi connectivity index (χ0v) is 7.79. The van der Waals surface area contributed by atoms with Crippen LogP contribution >= 0.6 is 0 Å². The average Bonchev–Trinajstić information content (AvgIpc) is 2.15. The van der Waals surface area contributed by atoms with Crippen molar-refractivity contribution < 1.29 is 4.74 Å². The molecule has 0 N–H and O–H groups in total. The van der Waals surface area contributed by atoms with Gasteiger partial charge in [-0.3, -0.25) is 0 Å². The number of benzene rings is 1. The van der Waals surface area contributed by atoms with Gasteiger partial charge in [-0.2, -0.15) is 0 Å². The van der Waals surface area contributed by atoms with E-state index < -0.39 is 0 Å². The fourth-order valence-electron chi connectivity index (χ4n) is 1.32. The van der Waals surface area contributed by atoms with Gasteiger partial charge < -0.3 is 4.74 Å². The van der Waals surface area contributed by atoms with E-state index in [-0.39, 0.29) is 6.10 Å². The molecular formula is C11H16O. The van der Waals surface area contributed by atoms with E-state index in [4.69, 9.17) is 4.74 Å². The van der Waals surface area contributed by atoms with E-state index in [1.165, 1.54) is 5.56 Å². The first-order valence-corrected chi connectivity index (χ1v) is 4.55. The molecule has 1 aromatic rings. The first kappa shape index (κ1) is 9.27. The van der Waals surface area contributed by atoms with Gasteiger partial charge in [0.25, 0.3) is 0 Å². The van der Waals surface area contributed by atoms with Crippen molar-refractivity contribution in [3.05, 3.63) is 35.9 Å². The summed E-state index contributed by atoms with van der Waals surface area (Å²) in [7, 11) is 0. The van der Waals surface area contributed by atoms with Crippen molar-refractivity contribution >= 4 is 0 Å². The molecule has 12 heavy (non-hydrogen) atoms. The summed E-state index contributed by atoms with van der Waals surface area (Å²) in [5.74, 6) is 0. The highest BCUT2D eigenvalue weighted by Gasteiger charge is 2.06. The highest BCUT2D eigenvalue weighted by atomic mass is 16.5. The number of ether oxygens (including phenoxy) is 1. The van der Waals surface area contributed by atoms with Crippen LogP contribution in [0.2, 0.25) is 0 Å². The molecule has 0 saturated heterocycles. The van der Waals surface area contributed by atoms with Crippen LogP contribution in [0.3, 0.4) is 0 Å². The van der Waals surface area contributed by atoms with E-state index >= 15 is 0 Å². The molecule has 1 nitrogen and oxygen atoms in total. The van der Waals surface area contributed by atoms with E-state index in [1.807, 2.05) is 13.0 Å². The van der Waals surface area contributed by atoms with Crippen molar-refractivity contribution in [1.29, 1.82) is 0 Å². The molecule has 1 aromatic carbocycles. The zero-order chi connectivity index (χ0) is 8.81. The monoisotopic (exact) mass is 164 g/mol. The lowest BCUT2D eigenvalue weighted by Crippen LogP contribution is -2.02. The molecule has 0 spiro atoms.